The van der Waals surface area contributed by atoms with Gasteiger partial charge in [0.05, 0.1) is 7.11 Å². The minimum Gasteiger partial charge on any atom is -0.497 e. The first-order valence-corrected chi connectivity index (χ1v) is 8.15. The van der Waals surface area contributed by atoms with Crippen molar-refractivity contribution in [2.75, 3.05) is 7.11 Å². The van der Waals surface area contributed by atoms with Crippen LogP contribution >= 0.6 is 0 Å². The second-order valence-electron chi connectivity index (χ2n) is 7.08. The van der Waals surface area contributed by atoms with Gasteiger partial charge in [-0.1, -0.05) is 19.9 Å². The van der Waals surface area contributed by atoms with Crippen LogP contribution in [0.25, 0.3) is 0 Å². The van der Waals surface area contributed by atoms with Crippen LogP contribution in [0.5, 0.6) is 11.5 Å². The number of hydrogen-bond donors (Lipinski definition) is 1. The van der Waals surface area contributed by atoms with Gasteiger partial charge in [0.25, 0.3) is 0 Å². The highest BCUT2D eigenvalue weighted by Crippen LogP contribution is 2.48. The summed E-state index contributed by atoms with van der Waals surface area (Å²) in [5.41, 5.74) is 7.48. The quantitative estimate of drug-likeness (QED) is 0.893. The molecule has 1 heterocycles. The van der Waals surface area contributed by atoms with E-state index in [2.05, 4.69) is 13.8 Å². The van der Waals surface area contributed by atoms with E-state index >= 15 is 0 Å². The smallest absolute Gasteiger partial charge is 0.128 e. The Kier molecular flexibility index (Phi) is 3.87. The molecule has 1 spiro atoms. The van der Waals surface area contributed by atoms with Crippen LogP contribution in [0, 0.1) is 11.8 Å². The van der Waals surface area contributed by atoms with Gasteiger partial charge >= 0.3 is 0 Å². The zero-order valence-corrected chi connectivity index (χ0v) is 13.4. The Labute approximate surface area is 127 Å². The number of benzene rings is 1. The largest absolute Gasteiger partial charge is 0.497 e. The van der Waals surface area contributed by atoms with Crippen LogP contribution in [0.15, 0.2) is 18.2 Å². The molecule has 1 atom stereocenters. The molecule has 0 bridgehead atoms. The van der Waals surface area contributed by atoms with Crippen molar-refractivity contribution in [3.63, 3.8) is 0 Å². The minimum absolute atomic E-state index is 0.0514. The first-order valence-electron chi connectivity index (χ1n) is 8.15. The molecule has 21 heavy (non-hydrogen) atoms. The topological polar surface area (TPSA) is 44.5 Å². The Hall–Kier alpha value is -1.22. The van der Waals surface area contributed by atoms with E-state index in [-0.39, 0.29) is 11.6 Å². The van der Waals surface area contributed by atoms with Gasteiger partial charge in [0.1, 0.15) is 17.1 Å². The fourth-order valence-corrected chi connectivity index (χ4v) is 3.96. The molecule has 1 fully saturated rings. The Morgan fingerprint density at radius 1 is 1.29 bits per heavy atom. The number of nitrogens with two attached hydrogens (primary N) is 1. The van der Waals surface area contributed by atoms with Gasteiger partial charge in [-0.25, -0.2) is 0 Å². The third-order valence-electron chi connectivity index (χ3n) is 5.42. The molecule has 1 aromatic carbocycles. The summed E-state index contributed by atoms with van der Waals surface area (Å²) in [5.74, 6) is 3.37. The molecule has 1 saturated carbocycles. The lowest BCUT2D eigenvalue weighted by Crippen LogP contribution is -2.46. The van der Waals surface area contributed by atoms with Crippen molar-refractivity contribution in [3.05, 3.63) is 23.8 Å². The van der Waals surface area contributed by atoms with Crippen molar-refractivity contribution in [1.82, 2.24) is 0 Å². The second-order valence-corrected chi connectivity index (χ2v) is 7.08. The van der Waals surface area contributed by atoms with E-state index in [1.54, 1.807) is 7.11 Å². The summed E-state index contributed by atoms with van der Waals surface area (Å²) in [7, 11) is 1.69. The lowest BCUT2D eigenvalue weighted by Gasteiger charge is -2.46. The van der Waals surface area contributed by atoms with Gasteiger partial charge in [-0.15, -0.1) is 0 Å². The zero-order chi connectivity index (χ0) is 15.0. The molecule has 3 heteroatoms. The Morgan fingerprint density at radius 3 is 2.62 bits per heavy atom. The van der Waals surface area contributed by atoms with Crippen LogP contribution < -0.4 is 15.2 Å². The summed E-state index contributed by atoms with van der Waals surface area (Å²) in [6.45, 7) is 4.66. The van der Waals surface area contributed by atoms with E-state index in [0.29, 0.717) is 0 Å². The molecule has 0 amide bonds. The molecule has 1 aliphatic heterocycles. The molecule has 2 aliphatic rings. The summed E-state index contributed by atoms with van der Waals surface area (Å²) in [4.78, 5) is 0. The van der Waals surface area contributed by atoms with E-state index in [1.807, 2.05) is 18.2 Å². The lowest BCUT2D eigenvalue weighted by atomic mass is 9.71. The van der Waals surface area contributed by atoms with E-state index < -0.39 is 0 Å². The van der Waals surface area contributed by atoms with Gasteiger partial charge in [-0.05, 0) is 43.6 Å². The summed E-state index contributed by atoms with van der Waals surface area (Å²) in [5, 5.41) is 0. The van der Waals surface area contributed by atoms with Crippen LogP contribution in [0.1, 0.15) is 57.6 Å². The zero-order valence-electron chi connectivity index (χ0n) is 13.4. The number of methoxy groups -OCH3 is 1. The van der Waals surface area contributed by atoms with Crippen LogP contribution in [-0.2, 0) is 0 Å². The van der Waals surface area contributed by atoms with Gasteiger partial charge in [0.2, 0.25) is 0 Å². The average molecular weight is 289 g/mol. The third-order valence-corrected chi connectivity index (χ3v) is 5.42. The molecular weight excluding hydrogens is 262 g/mol. The molecule has 0 saturated heterocycles. The van der Waals surface area contributed by atoms with Crippen molar-refractivity contribution in [2.45, 2.75) is 57.6 Å². The van der Waals surface area contributed by atoms with E-state index in [1.165, 1.54) is 12.8 Å². The van der Waals surface area contributed by atoms with Crippen molar-refractivity contribution in [2.24, 2.45) is 17.6 Å². The van der Waals surface area contributed by atoms with Crippen LogP contribution in [0.4, 0.5) is 0 Å². The first kappa shape index (κ1) is 14.7. The Bertz CT molecular complexity index is 504. The maximum atomic E-state index is 6.44. The highest BCUT2D eigenvalue weighted by atomic mass is 16.5. The maximum Gasteiger partial charge on any atom is 0.128 e. The molecule has 0 unspecified atom stereocenters. The monoisotopic (exact) mass is 289 g/mol. The number of fused-ring (bicyclic) bond motifs is 1. The van der Waals surface area contributed by atoms with Crippen LogP contribution in [0.3, 0.4) is 0 Å². The first-order chi connectivity index (χ1) is 10.0. The Morgan fingerprint density at radius 2 is 2.00 bits per heavy atom. The van der Waals surface area contributed by atoms with Crippen LogP contribution in [0.2, 0.25) is 0 Å². The van der Waals surface area contributed by atoms with Crippen LogP contribution in [-0.4, -0.2) is 12.7 Å². The predicted molar refractivity (Wildman–Crippen MR) is 84.7 cm³/mol. The van der Waals surface area contributed by atoms with E-state index in [0.717, 1.165) is 48.2 Å². The Balaban J connectivity index is 1.81. The minimum atomic E-state index is -0.0514. The van der Waals surface area contributed by atoms with Crippen molar-refractivity contribution < 1.29 is 9.47 Å². The molecular formula is C18H27NO2. The molecule has 3 nitrogen and oxygen atoms in total. The molecule has 116 valence electrons. The molecule has 3 rings (SSSR count). The fourth-order valence-electron chi connectivity index (χ4n) is 3.96. The van der Waals surface area contributed by atoms with Gasteiger partial charge in [0, 0.05) is 24.1 Å². The normalized spacial score (nSPS) is 31.9. The SMILES string of the molecule is COc1ccc2c(c1)OC1(CCC(C(C)C)CC1)C[C@H]2N. The third kappa shape index (κ3) is 2.76. The molecule has 2 N–H and O–H groups in total. The highest BCUT2D eigenvalue weighted by Gasteiger charge is 2.43. The number of hydrogen-bond acceptors (Lipinski definition) is 3. The van der Waals surface area contributed by atoms with Gasteiger partial charge in [-0.2, -0.15) is 0 Å². The van der Waals surface area contributed by atoms with Crippen molar-refractivity contribution in [1.29, 1.82) is 0 Å². The number of rotatable bonds is 2. The van der Waals surface area contributed by atoms with E-state index in [4.69, 9.17) is 15.2 Å². The lowest BCUT2D eigenvalue weighted by molar-refractivity contribution is -0.0161. The number of ether oxygens (including phenoxy) is 2. The predicted octanol–water partition coefficient (Wildman–Crippen LogP) is 4.06. The summed E-state index contributed by atoms with van der Waals surface area (Å²) in [6.07, 6.45) is 5.70. The van der Waals surface area contributed by atoms with E-state index in [9.17, 15) is 0 Å². The van der Waals surface area contributed by atoms with Crippen molar-refractivity contribution >= 4 is 0 Å². The van der Waals surface area contributed by atoms with Gasteiger partial charge in [-0.3, -0.25) is 0 Å². The standard InChI is InChI=1S/C18H27NO2/c1-12(2)13-6-8-18(9-7-13)11-16(19)15-5-4-14(20-3)10-17(15)21-18/h4-5,10,12-13,16H,6-9,11,19H2,1-3H3/t13?,16-,18?/m1/s1. The fraction of sp³-hybridized carbons (Fsp3) is 0.667. The average Bonchev–Trinajstić information content (AvgIpc) is 2.47. The second kappa shape index (κ2) is 5.53. The summed E-state index contributed by atoms with van der Waals surface area (Å²) in [6, 6.07) is 6.08. The maximum absolute atomic E-state index is 6.44. The summed E-state index contributed by atoms with van der Waals surface area (Å²) >= 11 is 0. The molecule has 0 radical (unpaired) electrons. The molecule has 1 aromatic rings. The van der Waals surface area contributed by atoms with Crippen molar-refractivity contribution in [3.8, 4) is 11.5 Å². The highest BCUT2D eigenvalue weighted by molar-refractivity contribution is 5.44. The summed E-state index contributed by atoms with van der Waals surface area (Å²) < 4.78 is 11.8. The molecule has 0 aromatic heterocycles. The van der Waals surface area contributed by atoms with Gasteiger partial charge < -0.3 is 15.2 Å². The molecule has 1 aliphatic carbocycles. The van der Waals surface area contributed by atoms with Gasteiger partial charge in [0.15, 0.2) is 0 Å².